The summed E-state index contributed by atoms with van der Waals surface area (Å²) in [5.41, 5.74) is 0. The molecule has 2 heterocycles. The van der Waals surface area contributed by atoms with E-state index >= 15 is 0 Å². The van der Waals surface area contributed by atoms with Gasteiger partial charge in [0.25, 0.3) is 0 Å². The molecular formula is C13H20ClN3O2S2. The topological polar surface area (TPSA) is 71.1 Å². The van der Waals surface area contributed by atoms with Gasteiger partial charge in [0.15, 0.2) is 0 Å². The Kier molecular flexibility index (Phi) is 6.16. The summed E-state index contributed by atoms with van der Waals surface area (Å²) < 4.78 is 27.2. The second-order valence-corrected chi connectivity index (χ2v) is 8.34. The van der Waals surface area contributed by atoms with Crippen molar-refractivity contribution in [2.45, 2.75) is 24.7 Å². The fraction of sp³-hybridized carbons (Fsp3) is 0.615. The summed E-state index contributed by atoms with van der Waals surface area (Å²) in [4.78, 5) is 4.17. The van der Waals surface area contributed by atoms with Gasteiger partial charge >= 0.3 is 0 Å². The lowest BCUT2D eigenvalue weighted by atomic mass is 10.0. The number of rotatable bonds is 6. The van der Waals surface area contributed by atoms with Crippen molar-refractivity contribution in [2.24, 2.45) is 5.92 Å². The highest BCUT2D eigenvalue weighted by atomic mass is 35.5. The maximum absolute atomic E-state index is 12.3. The van der Waals surface area contributed by atoms with Crippen LogP contribution in [-0.4, -0.2) is 38.0 Å². The van der Waals surface area contributed by atoms with Crippen molar-refractivity contribution in [3.8, 4) is 0 Å². The number of nitrogens with zero attached hydrogens (tertiary/aromatic N) is 1. The molecule has 0 amide bonds. The molecule has 0 bridgehead atoms. The van der Waals surface area contributed by atoms with E-state index in [1.807, 2.05) is 18.7 Å². The highest BCUT2D eigenvalue weighted by molar-refractivity contribution is 7.99. The van der Waals surface area contributed by atoms with Crippen LogP contribution in [0.4, 0.5) is 5.82 Å². The Morgan fingerprint density at radius 3 is 2.76 bits per heavy atom. The Morgan fingerprint density at radius 1 is 1.43 bits per heavy atom. The van der Waals surface area contributed by atoms with Crippen LogP contribution in [0.3, 0.4) is 0 Å². The molecule has 118 valence electrons. The molecule has 2 rings (SSSR count). The van der Waals surface area contributed by atoms with Gasteiger partial charge in [-0.2, -0.15) is 11.8 Å². The SMILES string of the molecule is CCNc1ncc(S(=O)(=O)NCC2CCSCC2)cc1Cl. The van der Waals surface area contributed by atoms with Crippen LogP contribution in [0, 0.1) is 5.92 Å². The summed E-state index contributed by atoms with van der Waals surface area (Å²) in [6.07, 6.45) is 3.46. The molecule has 1 saturated heterocycles. The van der Waals surface area contributed by atoms with Gasteiger partial charge in [-0.15, -0.1) is 0 Å². The van der Waals surface area contributed by atoms with Gasteiger partial charge in [0, 0.05) is 19.3 Å². The molecule has 1 aliphatic rings. The minimum atomic E-state index is -3.55. The number of aromatic nitrogens is 1. The fourth-order valence-corrected chi connectivity index (χ4v) is 4.71. The van der Waals surface area contributed by atoms with E-state index in [1.165, 1.54) is 12.3 Å². The summed E-state index contributed by atoms with van der Waals surface area (Å²) in [6, 6.07) is 1.44. The molecule has 0 aromatic carbocycles. The van der Waals surface area contributed by atoms with E-state index < -0.39 is 10.0 Å². The van der Waals surface area contributed by atoms with Gasteiger partial charge in [-0.3, -0.25) is 0 Å². The molecule has 0 unspecified atom stereocenters. The zero-order valence-electron chi connectivity index (χ0n) is 11.9. The van der Waals surface area contributed by atoms with Gasteiger partial charge in [0.05, 0.1) is 5.02 Å². The van der Waals surface area contributed by atoms with Gasteiger partial charge in [-0.25, -0.2) is 18.1 Å². The molecular weight excluding hydrogens is 330 g/mol. The zero-order chi connectivity index (χ0) is 15.3. The largest absolute Gasteiger partial charge is 0.369 e. The monoisotopic (exact) mass is 349 g/mol. The van der Waals surface area contributed by atoms with E-state index in [-0.39, 0.29) is 4.90 Å². The molecule has 1 fully saturated rings. The summed E-state index contributed by atoms with van der Waals surface area (Å²) in [5.74, 6) is 3.14. The van der Waals surface area contributed by atoms with Gasteiger partial charge in [-0.1, -0.05) is 11.6 Å². The molecule has 0 aliphatic carbocycles. The Balaban J connectivity index is 2.03. The van der Waals surface area contributed by atoms with Gasteiger partial charge < -0.3 is 5.32 Å². The maximum atomic E-state index is 12.3. The van der Waals surface area contributed by atoms with Crippen LogP contribution in [-0.2, 0) is 10.0 Å². The van der Waals surface area contributed by atoms with Crippen molar-refractivity contribution in [1.82, 2.24) is 9.71 Å². The van der Waals surface area contributed by atoms with Crippen LogP contribution in [0.25, 0.3) is 0 Å². The lowest BCUT2D eigenvalue weighted by molar-refractivity contribution is 0.476. The summed E-state index contributed by atoms with van der Waals surface area (Å²) in [5, 5.41) is 3.29. The van der Waals surface area contributed by atoms with E-state index in [2.05, 4.69) is 15.0 Å². The third-order valence-electron chi connectivity index (χ3n) is 3.37. The van der Waals surface area contributed by atoms with Gasteiger partial charge in [0.1, 0.15) is 10.7 Å². The quantitative estimate of drug-likeness (QED) is 0.826. The van der Waals surface area contributed by atoms with Crippen molar-refractivity contribution in [1.29, 1.82) is 0 Å². The van der Waals surface area contributed by atoms with Crippen molar-refractivity contribution < 1.29 is 8.42 Å². The van der Waals surface area contributed by atoms with Crippen LogP contribution < -0.4 is 10.0 Å². The lowest BCUT2D eigenvalue weighted by Crippen LogP contribution is -2.31. The summed E-state index contributed by atoms with van der Waals surface area (Å²) in [7, 11) is -3.55. The van der Waals surface area contributed by atoms with Gasteiger partial charge in [-0.05, 0) is 43.3 Å². The predicted molar refractivity (Wildman–Crippen MR) is 88.6 cm³/mol. The van der Waals surface area contributed by atoms with E-state index in [0.29, 0.717) is 29.8 Å². The van der Waals surface area contributed by atoms with Crippen LogP contribution in [0.15, 0.2) is 17.2 Å². The Bertz CT molecular complexity index is 575. The zero-order valence-corrected chi connectivity index (χ0v) is 14.3. The van der Waals surface area contributed by atoms with Gasteiger partial charge in [0.2, 0.25) is 10.0 Å². The first-order chi connectivity index (χ1) is 10.0. The highest BCUT2D eigenvalue weighted by Gasteiger charge is 2.20. The smallest absolute Gasteiger partial charge is 0.242 e. The molecule has 5 nitrogen and oxygen atoms in total. The Labute approximate surface area is 135 Å². The maximum Gasteiger partial charge on any atom is 0.242 e. The summed E-state index contributed by atoms with van der Waals surface area (Å²) in [6.45, 7) is 3.08. The molecule has 21 heavy (non-hydrogen) atoms. The molecule has 0 atom stereocenters. The molecule has 1 aromatic rings. The lowest BCUT2D eigenvalue weighted by Gasteiger charge is -2.21. The number of sulfonamides is 1. The van der Waals surface area contributed by atoms with Crippen LogP contribution in [0.2, 0.25) is 5.02 Å². The number of hydrogen-bond donors (Lipinski definition) is 2. The number of anilines is 1. The molecule has 1 aliphatic heterocycles. The molecule has 1 aromatic heterocycles. The average Bonchev–Trinajstić information content (AvgIpc) is 2.48. The van der Waals surface area contributed by atoms with Crippen molar-refractivity contribution >= 4 is 39.2 Å². The average molecular weight is 350 g/mol. The van der Waals surface area contributed by atoms with E-state index in [4.69, 9.17) is 11.6 Å². The van der Waals surface area contributed by atoms with Crippen LogP contribution in [0.1, 0.15) is 19.8 Å². The minimum absolute atomic E-state index is 0.110. The van der Waals surface area contributed by atoms with Crippen molar-refractivity contribution in [3.05, 3.63) is 17.3 Å². The number of hydrogen-bond acceptors (Lipinski definition) is 5. The van der Waals surface area contributed by atoms with E-state index in [9.17, 15) is 8.42 Å². The number of halogens is 1. The molecule has 0 radical (unpaired) electrons. The molecule has 0 spiro atoms. The first-order valence-electron chi connectivity index (χ1n) is 6.99. The Morgan fingerprint density at radius 2 is 2.14 bits per heavy atom. The second kappa shape index (κ2) is 7.67. The van der Waals surface area contributed by atoms with Crippen LogP contribution in [0.5, 0.6) is 0 Å². The first-order valence-corrected chi connectivity index (χ1v) is 10.0. The molecule has 8 heteroatoms. The normalized spacial score (nSPS) is 16.9. The minimum Gasteiger partial charge on any atom is -0.369 e. The number of thioether (sulfide) groups is 1. The molecule has 2 N–H and O–H groups in total. The number of nitrogens with one attached hydrogen (secondary N) is 2. The first kappa shape index (κ1) is 16.9. The fourth-order valence-electron chi connectivity index (χ4n) is 2.13. The van der Waals surface area contributed by atoms with E-state index in [1.54, 1.807) is 0 Å². The van der Waals surface area contributed by atoms with Crippen molar-refractivity contribution in [2.75, 3.05) is 29.9 Å². The predicted octanol–water partition coefficient (Wildman–Crippen LogP) is 2.59. The number of pyridine rings is 1. The highest BCUT2D eigenvalue weighted by Crippen LogP contribution is 2.24. The third-order valence-corrected chi connectivity index (χ3v) is 6.10. The standard InChI is InChI=1S/C13H20ClN3O2S2/c1-2-15-13-12(14)7-11(9-16-13)21(18,19)17-8-10-3-5-20-6-4-10/h7,9-10,17H,2-6,8H2,1H3,(H,15,16). The third kappa shape index (κ3) is 4.74. The van der Waals surface area contributed by atoms with Crippen molar-refractivity contribution in [3.63, 3.8) is 0 Å². The summed E-state index contributed by atoms with van der Waals surface area (Å²) >= 11 is 7.97. The molecule has 0 saturated carbocycles. The second-order valence-electron chi connectivity index (χ2n) is 4.94. The Hall–Kier alpha value is -0.500. The van der Waals surface area contributed by atoms with Crippen LogP contribution >= 0.6 is 23.4 Å². The van der Waals surface area contributed by atoms with E-state index in [0.717, 1.165) is 24.3 Å².